The third kappa shape index (κ3) is 3.57. The molecule has 0 aromatic heterocycles. The quantitative estimate of drug-likeness (QED) is 0.787. The molecule has 21 heavy (non-hydrogen) atoms. The summed E-state index contributed by atoms with van der Waals surface area (Å²) in [5.74, 6) is -3.84. The second-order valence-corrected chi connectivity index (χ2v) is 5.77. The van der Waals surface area contributed by atoms with E-state index in [0.717, 1.165) is 0 Å². The number of alkyl halides is 2. The largest absolute Gasteiger partial charge is 0.507 e. The molecule has 0 unspecified atom stereocenters. The van der Waals surface area contributed by atoms with E-state index in [0.29, 0.717) is 26.2 Å². The number of halogens is 4. The Morgan fingerprint density at radius 3 is 2.43 bits per heavy atom. The Morgan fingerprint density at radius 1 is 1.29 bits per heavy atom. The highest BCUT2D eigenvalue weighted by Gasteiger charge is 2.46. The number of aromatic hydroxyl groups is 1. The second kappa shape index (κ2) is 6.62. The number of hydrogen-bond donors (Lipinski definition) is 3. The molecular formula is C13H16Cl2F2N2O2. The summed E-state index contributed by atoms with van der Waals surface area (Å²) < 4.78 is 28.5. The van der Waals surface area contributed by atoms with Crippen LogP contribution in [0.5, 0.6) is 5.75 Å². The minimum absolute atomic E-state index is 0.0448. The summed E-state index contributed by atoms with van der Waals surface area (Å²) in [7, 11) is 0. The molecule has 2 rings (SSSR count). The normalized spacial score (nSPS) is 18.7. The molecule has 0 amide bonds. The molecule has 1 heterocycles. The summed E-state index contributed by atoms with van der Waals surface area (Å²) in [6, 6.07) is 0.973. The van der Waals surface area contributed by atoms with E-state index in [4.69, 9.17) is 28.3 Å². The van der Waals surface area contributed by atoms with Crippen molar-refractivity contribution >= 4 is 23.2 Å². The van der Waals surface area contributed by atoms with Gasteiger partial charge in [-0.1, -0.05) is 23.2 Å². The summed E-state index contributed by atoms with van der Waals surface area (Å²) in [5.41, 5.74) is -0.109. The molecular weight excluding hydrogens is 325 g/mol. The fraction of sp³-hybridized carbons (Fsp3) is 0.538. The monoisotopic (exact) mass is 340 g/mol. The molecule has 1 aromatic rings. The van der Waals surface area contributed by atoms with Crippen LogP contribution in [0.1, 0.15) is 11.6 Å². The van der Waals surface area contributed by atoms with E-state index in [-0.39, 0.29) is 15.6 Å². The van der Waals surface area contributed by atoms with Gasteiger partial charge in [0.05, 0.1) is 5.02 Å². The van der Waals surface area contributed by atoms with E-state index in [1.807, 2.05) is 0 Å². The lowest BCUT2D eigenvalue weighted by molar-refractivity contribution is -0.119. The summed E-state index contributed by atoms with van der Waals surface area (Å²) in [6.45, 7) is 0.477. The molecule has 118 valence electrons. The molecule has 0 bridgehead atoms. The van der Waals surface area contributed by atoms with Crippen LogP contribution >= 0.6 is 23.2 Å². The van der Waals surface area contributed by atoms with E-state index in [1.54, 1.807) is 0 Å². The number of benzene rings is 1. The van der Waals surface area contributed by atoms with Gasteiger partial charge >= 0.3 is 0 Å². The van der Waals surface area contributed by atoms with E-state index in [9.17, 15) is 13.9 Å². The molecule has 1 aliphatic rings. The Balaban J connectivity index is 2.49. The highest BCUT2D eigenvalue weighted by atomic mass is 35.5. The second-order valence-electron chi connectivity index (χ2n) is 4.93. The average Bonchev–Trinajstić information content (AvgIpc) is 2.43. The average molecular weight is 341 g/mol. The van der Waals surface area contributed by atoms with Gasteiger partial charge in [-0.3, -0.25) is 4.90 Å². The van der Waals surface area contributed by atoms with Gasteiger partial charge < -0.3 is 15.5 Å². The van der Waals surface area contributed by atoms with Gasteiger partial charge in [0.25, 0.3) is 5.92 Å². The van der Waals surface area contributed by atoms with Gasteiger partial charge in [-0.2, -0.15) is 0 Å². The lowest BCUT2D eigenvalue weighted by atomic mass is 9.97. The van der Waals surface area contributed by atoms with Crippen molar-refractivity contribution in [2.75, 3.05) is 32.8 Å². The number of phenolic OH excluding ortho intramolecular Hbond substituents is 1. The Hall–Kier alpha value is -0.660. The lowest BCUT2D eigenvalue weighted by Crippen LogP contribution is -2.51. The van der Waals surface area contributed by atoms with Crippen LogP contribution in [0.2, 0.25) is 10.0 Å². The first kappa shape index (κ1) is 16.7. The number of rotatable bonds is 4. The Labute approximate surface area is 131 Å². The molecule has 1 fully saturated rings. The van der Waals surface area contributed by atoms with Gasteiger partial charge in [-0.25, -0.2) is 8.78 Å². The number of nitrogens with one attached hydrogen (secondary N) is 1. The van der Waals surface area contributed by atoms with Crippen molar-refractivity contribution in [3.8, 4) is 5.75 Å². The van der Waals surface area contributed by atoms with Crippen molar-refractivity contribution < 1.29 is 19.0 Å². The number of aliphatic hydroxyl groups excluding tert-OH is 1. The summed E-state index contributed by atoms with van der Waals surface area (Å²) in [6.07, 6.45) is 0. The van der Waals surface area contributed by atoms with Crippen LogP contribution in [0.4, 0.5) is 8.78 Å². The Morgan fingerprint density at radius 2 is 1.90 bits per heavy atom. The third-order valence-electron chi connectivity index (χ3n) is 3.47. The maximum Gasteiger partial charge on any atom is 0.290 e. The molecule has 0 aliphatic carbocycles. The number of phenols is 1. The first-order valence-electron chi connectivity index (χ1n) is 6.48. The van der Waals surface area contributed by atoms with Crippen molar-refractivity contribution in [1.29, 1.82) is 0 Å². The predicted molar refractivity (Wildman–Crippen MR) is 77.3 cm³/mol. The van der Waals surface area contributed by atoms with Crippen LogP contribution in [-0.2, 0) is 0 Å². The van der Waals surface area contributed by atoms with Crippen molar-refractivity contribution in [2.45, 2.75) is 12.0 Å². The molecule has 0 spiro atoms. The summed E-state index contributed by atoms with van der Waals surface area (Å²) in [4.78, 5) is 1.50. The van der Waals surface area contributed by atoms with E-state index >= 15 is 0 Å². The van der Waals surface area contributed by atoms with Crippen molar-refractivity contribution in [3.63, 3.8) is 0 Å². The number of nitrogens with zero attached hydrogens (tertiary/aromatic N) is 1. The highest BCUT2D eigenvalue weighted by Crippen LogP contribution is 2.44. The topological polar surface area (TPSA) is 55.7 Å². The molecule has 3 N–H and O–H groups in total. The molecule has 1 aliphatic heterocycles. The third-order valence-corrected chi connectivity index (χ3v) is 4.00. The number of hydrogen-bond acceptors (Lipinski definition) is 4. The van der Waals surface area contributed by atoms with Crippen molar-refractivity contribution in [1.82, 2.24) is 10.2 Å². The molecule has 4 nitrogen and oxygen atoms in total. The maximum absolute atomic E-state index is 14.2. The molecule has 0 saturated carbocycles. The first-order chi connectivity index (χ1) is 9.86. The van der Waals surface area contributed by atoms with Gasteiger partial charge in [-0.05, 0) is 12.1 Å². The SMILES string of the molecule is OCC(F)(F)[C@@H](c1c(O)cc(Cl)cc1Cl)N1CCNCC1. The zero-order valence-corrected chi connectivity index (χ0v) is 12.6. The summed E-state index contributed by atoms with van der Waals surface area (Å²) >= 11 is 11.8. The zero-order valence-electron chi connectivity index (χ0n) is 11.1. The van der Waals surface area contributed by atoms with E-state index in [1.165, 1.54) is 17.0 Å². The van der Waals surface area contributed by atoms with Crippen molar-refractivity contribution in [3.05, 3.63) is 27.7 Å². The number of piperazine rings is 1. The van der Waals surface area contributed by atoms with Gasteiger partial charge in [0.1, 0.15) is 18.4 Å². The first-order valence-corrected chi connectivity index (χ1v) is 7.24. The van der Waals surface area contributed by atoms with Crippen LogP contribution in [0.25, 0.3) is 0 Å². The van der Waals surface area contributed by atoms with Crippen LogP contribution in [0, 0.1) is 0 Å². The fourth-order valence-electron chi connectivity index (χ4n) is 2.53. The summed E-state index contributed by atoms with van der Waals surface area (Å²) in [5, 5.41) is 22.2. The minimum Gasteiger partial charge on any atom is -0.507 e. The zero-order chi connectivity index (χ0) is 15.6. The van der Waals surface area contributed by atoms with Gasteiger partial charge in [0.2, 0.25) is 0 Å². The van der Waals surface area contributed by atoms with Crippen LogP contribution < -0.4 is 5.32 Å². The van der Waals surface area contributed by atoms with Gasteiger partial charge in [-0.15, -0.1) is 0 Å². The van der Waals surface area contributed by atoms with Gasteiger partial charge in [0, 0.05) is 36.8 Å². The van der Waals surface area contributed by atoms with Crippen LogP contribution in [0.15, 0.2) is 12.1 Å². The molecule has 1 aromatic carbocycles. The minimum atomic E-state index is -3.44. The molecule has 1 atom stereocenters. The van der Waals surface area contributed by atoms with Gasteiger partial charge in [0.15, 0.2) is 0 Å². The lowest BCUT2D eigenvalue weighted by Gasteiger charge is -2.39. The fourth-order valence-corrected chi connectivity index (χ4v) is 3.12. The maximum atomic E-state index is 14.2. The van der Waals surface area contributed by atoms with E-state index < -0.39 is 24.3 Å². The highest BCUT2D eigenvalue weighted by molar-refractivity contribution is 6.35. The molecule has 8 heteroatoms. The number of aliphatic hydroxyl groups is 1. The van der Waals surface area contributed by atoms with Crippen LogP contribution in [0.3, 0.4) is 0 Å². The van der Waals surface area contributed by atoms with Crippen molar-refractivity contribution in [2.24, 2.45) is 0 Å². The van der Waals surface area contributed by atoms with Crippen LogP contribution in [-0.4, -0.2) is 53.8 Å². The molecule has 1 saturated heterocycles. The Bertz CT molecular complexity index is 488. The van der Waals surface area contributed by atoms with E-state index in [2.05, 4.69) is 5.32 Å². The smallest absolute Gasteiger partial charge is 0.290 e. The predicted octanol–water partition coefficient (Wildman–Crippen LogP) is 2.27. The molecule has 0 radical (unpaired) electrons. The Kier molecular flexibility index (Phi) is 5.27. The standard InChI is InChI=1S/C13H16Cl2F2N2O2/c14-8-5-9(15)11(10(21)6-8)12(13(16,17)7-20)19-3-1-18-2-4-19/h5-6,12,18,20-21H,1-4,7H2/t12-/m1/s1.